The lowest BCUT2D eigenvalue weighted by Crippen LogP contribution is -2.59. The van der Waals surface area contributed by atoms with Gasteiger partial charge in [0.1, 0.15) is 6.61 Å². The fraction of sp³-hybridized carbons (Fsp3) is 0.312. The quantitative estimate of drug-likeness (QED) is 0.895. The van der Waals surface area contributed by atoms with Crippen molar-refractivity contribution in [1.29, 1.82) is 0 Å². The van der Waals surface area contributed by atoms with E-state index in [0.717, 1.165) is 29.5 Å². The summed E-state index contributed by atoms with van der Waals surface area (Å²) >= 11 is 0. The first-order chi connectivity index (χ1) is 9.66. The van der Waals surface area contributed by atoms with Gasteiger partial charge in [-0.3, -0.25) is 4.79 Å². The zero-order valence-corrected chi connectivity index (χ0v) is 11.5. The smallest absolute Gasteiger partial charge is 0.250 e. The highest BCUT2D eigenvalue weighted by Gasteiger charge is 2.32. The van der Waals surface area contributed by atoms with E-state index in [1.165, 1.54) is 0 Å². The maximum atomic E-state index is 12.0. The van der Waals surface area contributed by atoms with Gasteiger partial charge in [0.05, 0.1) is 5.60 Å². The summed E-state index contributed by atoms with van der Waals surface area (Å²) < 4.78 is 5.64. The number of hydrogen-bond donors (Lipinski definition) is 2. The molecular weight excluding hydrogens is 252 g/mol. The molecule has 4 nitrogen and oxygen atoms in total. The third kappa shape index (κ3) is 2.66. The van der Waals surface area contributed by atoms with Crippen molar-refractivity contribution in [3.05, 3.63) is 42.5 Å². The monoisotopic (exact) mass is 270 g/mol. The number of anilines is 1. The molecule has 2 N–H and O–H groups in total. The molecule has 104 valence electrons. The van der Waals surface area contributed by atoms with Gasteiger partial charge in [-0.05, 0) is 18.4 Å². The first-order valence-corrected chi connectivity index (χ1v) is 6.79. The highest BCUT2D eigenvalue weighted by molar-refractivity contribution is 6.02. The number of fused-ring (bicyclic) bond motifs is 1. The molecule has 1 aliphatic heterocycles. The predicted molar refractivity (Wildman–Crippen MR) is 79.8 cm³/mol. The van der Waals surface area contributed by atoms with Gasteiger partial charge in [-0.25, -0.2) is 0 Å². The van der Waals surface area contributed by atoms with E-state index in [1.807, 2.05) is 49.4 Å². The number of hydrogen-bond acceptors (Lipinski definition) is 3. The Hall–Kier alpha value is -1.91. The third-order valence-corrected chi connectivity index (χ3v) is 3.61. The van der Waals surface area contributed by atoms with E-state index in [0.29, 0.717) is 0 Å². The minimum atomic E-state index is -0.198. The molecule has 0 atom stereocenters. The topological polar surface area (TPSA) is 50.4 Å². The number of nitrogens with one attached hydrogen (secondary N) is 2. The molecule has 20 heavy (non-hydrogen) atoms. The van der Waals surface area contributed by atoms with Crippen molar-refractivity contribution < 1.29 is 9.53 Å². The fourth-order valence-electron chi connectivity index (χ4n) is 2.34. The molecule has 0 spiro atoms. The van der Waals surface area contributed by atoms with Crippen LogP contribution in [0.3, 0.4) is 0 Å². The zero-order valence-electron chi connectivity index (χ0n) is 11.5. The minimum absolute atomic E-state index is 0.0847. The van der Waals surface area contributed by atoms with E-state index in [1.54, 1.807) is 0 Å². The number of benzene rings is 2. The predicted octanol–water partition coefficient (Wildman–Crippen LogP) is 2.16. The van der Waals surface area contributed by atoms with Crippen LogP contribution >= 0.6 is 0 Å². The molecule has 1 heterocycles. The Morgan fingerprint density at radius 2 is 2.00 bits per heavy atom. The highest BCUT2D eigenvalue weighted by Crippen LogP contribution is 2.23. The van der Waals surface area contributed by atoms with Gasteiger partial charge < -0.3 is 15.4 Å². The summed E-state index contributed by atoms with van der Waals surface area (Å²) in [6.45, 7) is 3.69. The Labute approximate surface area is 118 Å². The molecule has 0 radical (unpaired) electrons. The molecule has 0 unspecified atom stereocenters. The normalized spacial score (nSPS) is 16.6. The van der Waals surface area contributed by atoms with Crippen LogP contribution in [0.25, 0.3) is 10.8 Å². The Bertz CT molecular complexity index is 630. The molecule has 0 aromatic heterocycles. The Morgan fingerprint density at radius 1 is 1.25 bits per heavy atom. The molecule has 1 amide bonds. The fourth-order valence-corrected chi connectivity index (χ4v) is 2.34. The van der Waals surface area contributed by atoms with Gasteiger partial charge in [-0.15, -0.1) is 0 Å². The summed E-state index contributed by atoms with van der Waals surface area (Å²) in [6.07, 6.45) is 0. The van der Waals surface area contributed by atoms with E-state index in [-0.39, 0.29) is 18.1 Å². The molecule has 1 aliphatic rings. The van der Waals surface area contributed by atoms with Gasteiger partial charge in [-0.2, -0.15) is 0 Å². The summed E-state index contributed by atoms with van der Waals surface area (Å²) in [4.78, 5) is 12.0. The van der Waals surface area contributed by atoms with Crippen LogP contribution in [0.2, 0.25) is 0 Å². The minimum Gasteiger partial charge on any atom is -0.363 e. The van der Waals surface area contributed by atoms with Crippen LogP contribution in [0.5, 0.6) is 0 Å². The van der Waals surface area contributed by atoms with Crippen molar-refractivity contribution in [2.45, 2.75) is 12.5 Å². The maximum absolute atomic E-state index is 12.0. The van der Waals surface area contributed by atoms with Gasteiger partial charge >= 0.3 is 0 Å². The molecule has 0 aliphatic carbocycles. The standard InChI is InChI=1S/C16H18N2O2/c1-16(10-17-11-16)20-9-15(19)18-14-8-4-6-12-5-2-3-7-13(12)14/h2-8,17H,9-11H2,1H3,(H,18,19). The van der Waals surface area contributed by atoms with Crippen molar-refractivity contribution >= 4 is 22.4 Å². The molecule has 0 bridgehead atoms. The van der Waals surface area contributed by atoms with Crippen LogP contribution in [0.4, 0.5) is 5.69 Å². The van der Waals surface area contributed by atoms with Crippen molar-refractivity contribution in [3.8, 4) is 0 Å². The van der Waals surface area contributed by atoms with Gasteiger partial charge in [0.15, 0.2) is 0 Å². The second-order valence-electron chi connectivity index (χ2n) is 5.42. The number of ether oxygens (including phenoxy) is 1. The van der Waals surface area contributed by atoms with Crippen molar-refractivity contribution in [2.24, 2.45) is 0 Å². The molecule has 1 saturated heterocycles. The molecule has 0 saturated carbocycles. The summed E-state index contributed by atoms with van der Waals surface area (Å²) in [5.74, 6) is -0.116. The second kappa shape index (κ2) is 5.23. The second-order valence-corrected chi connectivity index (χ2v) is 5.42. The Balaban J connectivity index is 1.68. The van der Waals surface area contributed by atoms with Crippen LogP contribution in [-0.2, 0) is 9.53 Å². The Kier molecular flexibility index (Phi) is 3.42. The van der Waals surface area contributed by atoms with E-state index in [9.17, 15) is 4.79 Å². The lowest BCUT2D eigenvalue weighted by atomic mass is 10.0. The molecule has 2 aromatic carbocycles. The van der Waals surface area contributed by atoms with E-state index < -0.39 is 0 Å². The van der Waals surface area contributed by atoms with Crippen molar-refractivity contribution in [3.63, 3.8) is 0 Å². The number of rotatable bonds is 4. The molecule has 3 rings (SSSR count). The molecule has 2 aromatic rings. The first-order valence-electron chi connectivity index (χ1n) is 6.79. The summed E-state index contributed by atoms with van der Waals surface area (Å²) in [5, 5.41) is 8.22. The number of carbonyl (C=O) groups excluding carboxylic acids is 1. The van der Waals surface area contributed by atoms with Crippen LogP contribution < -0.4 is 10.6 Å². The van der Waals surface area contributed by atoms with Crippen LogP contribution in [0.1, 0.15) is 6.92 Å². The molecular formula is C16H18N2O2. The van der Waals surface area contributed by atoms with Crippen LogP contribution in [0.15, 0.2) is 42.5 Å². The van der Waals surface area contributed by atoms with Crippen molar-refractivity contribution in [1.82, 2.24) is 5.32 Å². The summed E-state index contributed by atoms with van der Waals surface area (Å²) in [5.41, 5.74) is 0.629. The average molecular weight is 270 g/mol. The van der Waals surface area contributed by atoms with Gasteiger partial charge in [-0.1, -0.05) is 36.4 Å². The van der Waals surface area contributed by atoms with E-state index in [4.69, 9.17) is 4.74 Å². The van der Waals surface area contributed by atoms with Gasteiger partial charge in [0.25, 0.3) is 0 Å². The highest BCUT2D eigenvalue weighted by atomic mass is 16.5. The largest absolute Gasteiger partial charge is 0.363 e. The molecule has 4 heteroatoms. The van der Waals surface area contributed by atoms with Crippen LogP contribution in [-0.4, -0.2) is 31.2 Å². The zero-order chi connectivity index (χ0) is 14.0. The van der Waals surface area contributed by atoms with Crippen molar-refractivity contribution in [2.75, 3.05) is 25.0 Å². The lowest BCUT2D eigenvalue weighted by Gasteiger charge is -2.38. The van der Waals surface area contributed by atoms with Gasteiger partial charge in [0, 0.05) is 24.2 Å². The SMILES string of the molecule is CC1(OCC(=O)Nc2cccc3ccccc23)CNC1. The number of carbonyl (C=O) groups is 1. The van der Waals surface area contributed by atoms with Crippen LogP contribution in [0, 0.1) is 0 Å². The van der Waals surface area contributed by atoms with Gasteiger partial charge in [0.2, 0.25) is 5.91 Å². The van der Waals surface area contributed by atoms with E-state index >= 15 is 0 Å². The maximum Gasteiger partial charge on any atom is 0.250 e. The summed E-state index contributed by atoms with van der Waals surface area (Å²) in [6, 6.07) is 13.9. The summed E-state index contributed by atoms with van der Waals surface area (Å²) in [7, 11) is 0. The molecule has 1 fully saturated rings. The lowest BCUT2D eigenvalue weighted by molar-refractivity contribution is -0.130. The number of amides is 1. The van der Waals surface area contributed by atoms with E-state index in [2.05, 4.69) is 10.6 Å². The first kappa shape index (κ1) is 13.1. The average Bonchev–Trinajstić information content (AvgIpc) is 2.43. The third-order valence-electron chi connectivity index (χ3n) is 3.61. The Morgan fingerprint density at radius 3 is 2.75 bits per heavy atom.